The molecule has 0 spiro atoms. The zero-order chi connectivity index (χ0) is 13.3. The quantitative estimate of drug-likeness (QED) is 0.838. The van der Waals surface area contributed by atoms with Crippen molar-refractivity contribution in [2.45, 2.75) is 31.9 Å². The maximum Gasteiger partial charge on any atom is 0.244 e. The topological polar surface area (TPSA) is 66.6 Å². The van der Waals surface area contributed by atoms with Crippen LogP contribution >= 0.6 is 0 Å². The zero-order valence-corrected chi connectivity index (χ0v) is 10.9. The molecule has 1 heterocycles. The fourth-order valence-corrected chi connectivity index (χ4v) is 2.16. The van der Waals surface area contributed by atoms with Crippen molar-refractivity contribution >= 4 is 5.91 Å². The van der Waals surface area contributed by atoms with Gasteiger partial charge in [-0.2, -0.15) is 0 Å². The molecule has 0 aromatic heterocycles. The van der Waals surface area contributed by atoms with Crippen LogP contribution < -0.4 is 5.73 Å². The zero-order valence-electron chi connectivity index (χ0n) is 10.9. The van der Waals surface area contributed by atoms with Gasteiger partial charge in [-0.05, 0) is 18.9 Å². The van der Waals surface area contributed by atoms with Gasteiger partial charge in [0, 0.05) is 0 Å². The van der Waals surface area contributed by atoms with Gasteiger partial charge in [-0.25, -0.2) is 0 Å². The minimum atomic E-state index is -0.706. The van der Waals surface area contributed by atoms with Crippen LogP contribution in [0.1, 0.15) is 30.5 Å². The number of nitrogens with zero attached hydrogens (tertiary/aromatic N) is 1. The van der Waals surface area contributed by atoms with Crippen molar-refractivity contribution in [1.82, 2.24) is 4.90 Å². The number of carbonyl (C=O) groups excluding carboxylic acids is 1. The van der Waals surface area contributed by atoms with Gasteiger partial charge in [0.1, 0.15) is 6.04 Å². The summed E-state index contributed by atoms with van der Waals surface area (Å²) in [6.07, 6.45) is 0.663. The number of aryl methyl sites for hydroxylation is 1. The van der Waals surface area contributed by atoms with Crippen LogP contribution in [0.25, 0.3) is 0 Å². The Morgan fingerprint density at radius 1 is 1.44 bits per heavy atom. The van der Waals surface area contributed by atoms with Crippen LogP contribution in [0, 0.1) is 6.92 Å². The molecule has 18 heavy (non-hydrogen) atoms. The summed E-state index contributed by atoms with van der Waals surface area (Å²) in [6.45, 7) is 4.69. The number of nitrogens with two attached hydrogens (primary N) is 1. The van der Waals surface area contributed by atoms with Crippen molar-refractivity contribution < 1.29 is 9.90 Å². The van der Waals surface area contributed by atoms with Gasteiger partial charge in [-0.3, -0.25) is 4.79 Å². The molecule has 98 valence electrons. The summed E-state index contributed by atoms with van der Waals surface area (Å²) in [5, 5.41) is 9.89. The number of β-amino-alcohol motifs (C(OH)–C–C–N with tert-alkyl or cyclic N) is 1. The van der Waals surface area contributed by atoms with Crippen LogP contribution in [0.5, 0.6) is 0 Å². The van der Waals surface area contributed by atoms with E-state index < -0.39 is 11.6 Å². The lowest BCUT2D eigenvalue weighted by molar-refractivity contribution is -0.157. The first-order valence-electron chi connectivity index (χ1n) is 6.28. The van der Waals surface area contributed by atoms with Crippen molar-refractivity contribution in [3.05, 3.63) is 35.4 Å². The minimum absolute atomic E-state index is 0.114. The molecule has 2 rings (SSSR count). The van der Waals surface area contributed by atoms with Crippen molar-refractivity contribution in [3.63, 3.8) is 0 Å². The number of rotatable bonds is 3. The molecule has 0 saturated carbocycles. The first-order valence-corrected chi connectivity index (χ1v) is 6.28. The van der Waals surface area contributed by atoms with Crippen molar-refractivity contribution in [2.75, 3.05) is 13.1 Å². The van der Waals surface area contributed by atoms with E-state index in [1.165, 1.54) is 0 Å². The first kappa shape index (κ1) is 13.1. The van der Waals surface area contributed by atoms with Gasteiger partial charge < -0.3 is 15.7 Å². The maximum absolute atomic E-state index is 12.1. The van der Waals surface area contributed by atoms with Gasteiger partial charge in [0.15, 0.2) is 0 Å². The van der Waals surface area contributed by atoms with E-state index in [1.54, 1.807) is 4.90 Å². The lowest BCUT2D eigenvalue weighted by atomic mass is 9.90. The van der Waals surface area contributed by atoms with E-state index in [1.807, 2.05) is 38.1 Å². The number of benzene rings is 1. The average Bonchev–Trinajstić information content (AvgIpc) is 2.34. The summed E-state index contributed by atoms with van der Waals surface area (Å²) >= 11 is 0. The Morgan fingerprint density at radius 3 is 2.50 bits per heavy atom. The Morgan fingerprint density at radius 2 is 2.00 bits per heavy atom. The lowest BCUT2D eigenvalue weighted by Crippen LogP contribution is -2.64. The highest BCUT2D eigenvalue weighted by Crippen LogP contribution is 2.26. The molecular formula is C14H20N2O2. The third-order valence-electron chi connectivity index (χ3n) is 3.64. The van der Waals surface area contributed by atoms with E-state index in [4.69, 9.17) is 5.73 Å². The molecule has 3 N–H and O–H groups in total. The predicted octanol–water partition coefficient (Wildman–Crippen LogP) is 0.978. The summed E-state index contributed by atoms with van der Waals surface area (Å²) in [7, 11) is 0. The molecule has 1 aliphatic heterocycles. The molecule has 1 atom stereocenters. The molecular weight excluding hydrogens is 228 g/mol. The first-order chi connectivity index (χ1) is 8.45. The predicted molar refractivity (Wildman–Crippen MR) is 69.9 cm³/mol. The standard InChI is InChI=1S/C14H20N2O2/c1-3-14(18)8-16(9-14)13(17)12(15)11-6-4-10(2)5-7-11/h4-7,12,18H,3,8-9,15H2,1-2H3. The smallest absolute Gasteiger partial charge is 0.244 e. The molecule has 1 fully saturated rings. The Kier molecular flexibility index (Phi) is 3.41. The fourth-order valence-electron chi connectivity index (χ4n) is 2.16. The largest absolute Gasteiger partial charge is 0.386 e. The maximum atomic E-state index is 12.1. The second-order valence-electron chi connectivity index (χ2n) is 5.16. The van der Waals surface area contributed by atoms with Crippen LogP contribution in [0.4, 0.5) is 0 Å². The molecule has 1 unspecified atom stereocenters. The van der Waals surface area contributed by atoms with Crippen LogP contribution in [-0.4, -0.2) is 34.6 Å². The Hall–Kier alpha value is -1.39. The Bertz CT molecular complexity index is 436. The summed E-state index contributed by atoms with van der Waals surface area (Å²) in [6, 6.07) is 7.02. The SMILES string of the molecule is CCC1(O)CN(C(=O)C(N)c2ccc(C)cc2)C1. The molecule has 0 radical (unpaired) electrons. The third-order valence-corrected chi connectivity index (χ3v) is 3.64. The van der Waals surface area contributed by atoms with Crippen molar-refractivity contribution in [3.8, 4) is 0 Å². The van der Waals surface area contributed by atoms with E-state index >= 15 is 0 Å². The molecule has 1 aromatic rings. The van der Waals surface area contributed by atoms with Crippen molar-refractivity contribution in [2.24, 2.45) is 5.73 Å². The number of hydrogen-bond acceptors (Lipinski definition) is 3. The fraction of sp³-hybridized carbons (Fsp3) is 0.500. The molecule has 4 nitrogen and oxygen atoms in total. The molecule has 1 saturated heterocycles. The van der Waals surface area contributed by atoms with Crippen molar-refractivity contribution in [1.29, 1.82) is 0 Å². The summed E-state index contributed by atoms with van der Waals surface area (Å²) in [5.41, 5.74) is 7.21. The number of carbonyl (C=O) groups is 1. The second-order valence-corrected chi connectivity index (χ2v) is 5.16. The van der Waals surface area contributed by atoms with E-state index in [9.17, 15) is 9.90 Å². The highest BCUT2D eigenvalue weighted by molar-refractivity contribution is 5.84. The molecule has 0 bridgehead atoms. The van der Waals surface area contributed by atoms with E-state index in [-0.39, 0.29) is 5.91 Å². The number of likely N-dealkylation sites (tertiary alicyclic amines) is 1. The third kappa shape index (κ3) is 2.40. The van der Waals surface area contributed by atoms with E-state index in [0.717, 1.165) is 11.1 Å². The molecule has 1 aromatic carbocycles. The van der Waals surface area contributed by atoms with Gasteiger partial charge in [0.25, 0.3) is 0 Å². The molecule has 0 aliphatic carbocycles. The Balaban J connectivity index is 2.00. The molecule has 1 aliphatic rings. The molecule has 1 amide bonds. The van der Waals surface area contributed by atoms with Gasteiger partial charge in [0.2, 0.25) is 5.91 Å². The summed E-state index contributed by atoms with van der Waals surface area (Å²) in [4.78, 5) is 13.7. The van der Waals surface area contributed by atoms with E-state index in [0.29, 0.717) is 19.5 Å². The highest BCUT2D eigenvalue weighted by atomic mass is 16.3. The lowest BCUT2D eigenvalue weighted by Gasteiger charge is -2.46. The normalized spacial score (nSPS) is 19.2. The van der Waals surface area contributed by atoms with E-state index in [2.05, 4.69) is 0 Å². The Labute approximate surface area is 107 Å². The van der Waals surface area contributed by atoms with Crippen LogP contribution in [0.2, 0.25) is 0 Å². The molecule has 4 heteroatoms. The number of hydrogen-bond donors (Lipinski definition) is 2. The van der Waals surface area contributed by atoms with Gasteiger partial charge in [-0.1, -0.05) is 36.8 Å². The summed E-state index contributed by atoms with van der Waals surface area (Å²) in [5.74, 6) is -0.114. The summed E-state index contributed by atoms with van der Waals surface area (Å²) < 4.78 is 0. The highest BCUT2D eigenvalue weighted by Gasteiger charge is 2.43. The monoisotopic (exact) mass is 248 g/mol. The van der Waals surface area contributed by atoms with Crippen LogP contribution in [0.15, 0.2) is 24.3 Å². The minimum Gasteiger partial charge on any atom is -0.386 e. The van der Waals surface area contributed by atoms with Gasteiger partial charge in [0.05, 0.1) is 18.7 Å². The van der Waals surface area contributed by atoms with Crippen LogP contribution in [-0.2, 0) is 4.79 Å². The number of aliphatic hydroxyl groups is 1. The van der Waals surface area contributed by atoms with Gasteiger partial charge >= 0.3 is 0 Å². The van der Waals surface area contributed by atoms with Gasteiger partial charge in [-0.15, -0.1) is 0 Å². The van der Waals surface area contributed by atoms with Crippen LogP contribution in [0.3, 0.4) is 0 Å². The second kappa shape index (κ2) is 4.71. The number of amides is 1. The average molecular weight is 248 g/mol.